The van der Waals surface area contributed by atoms with Crippen molar-refractivity contribution in [2.45, 2.75) is 33.1 Å². The molecule has 1 aromatic carbocycles. The smallest absolute Gasteiger partial charge is 0.130 e. The molecule has 1 aliphatic rings. The van der Waals surface area contributed by atoms with E-state index in [0.29, 0.717) is 0 Å². The molecule has 0 atom stereocenters. The average Bonchev–Trinajstić information content (AvgIpc) is 2.49. The second kappa shape index (κ2) is 6.44. The number of rotatable bonds is 4. The van der Waals surface area contributed by atoms with Crippen LogP contribution >= 0.6 is 0 Å². The van der Waals surface area contributed by atoms with E-state index in [1.54, 1.807) is 0 Å². The highest BCUT2D eigenvalue weighted by Crippen LogP contribution is 2.27. The molecule has 3 heteroatoms. The molecule has 112 valence electrons. The van der Waals surface area contributed by atoms with Crippen molar-refractivity contribution in [2.24, 2.45) is 0 Å². The second-order valence-electron chi connectivity index (χ2n) is 5.98. The third-order valence-corrected chi connectivity index (χ3v) is 4.25. The zero-order valence-electron chi connectivity index (χ0n) is 13.1. The maximum atomic E-state index is 6.08. The number of piperidine rings is 1. The first-order valence-corrected chi connectivity index (χ1v) is 7.96. The predicted octanol–water partition coefficient (Wildman–Crippen LogP) is 3.72. The van der Waals surface area contributed by atoms with Crippen LogP contribution in [0.1, 0.15) is 30.5 Å². The van der Waals surface area contributed by atoms with E-state index in [9.17, 15) is 0 Å². The zero-order chi connectivity index (χ0) is 14.7. The van der Waals surface area contributed by atoms with Crippen LogP contribution < -0.4 is 4.74 Å². The minimum absolute atomic E-state index is 0.756. The van der Waals surface area contributed by atoms with E-state index in [0.717, 1.165) is 35.5 Å². The Labute approximate surface area is 126 Å². The lowest BCUT2D eigenvalue weighted by molar-refractivity contribution is 0.184. The van der Waals surface area contributed by atoms with Crippen LogP contribution in [0.4, 0.5) is 0 Å². The number of para-hydroxylation sites is 1. The summed E-state index contributed by atoms with van der Waals surface area (Å²) < 4.78 is 6.08. The molecule has 0 aliphatic carbocycles. The van der Waals surface area contributed by atoms with E-state index in [2.05, 4.69) is 41.1 Å². The highest BCUT2D eigenvalue weighted by molar-refractivity contribution is 5.87. The number of aromatic nitrogens is 1. The van der Waals surface area contributed by atoms with Crippen LogP contribution in [0.2, 0.25) is 0 Å². The number of fused-ring (bicyclic) bond motifs is 1. The van der Waals surface area contributed by atoms with Gasteiger partial charge in [0.25, 0.3) is 0 Å². The SMILES string of the molecule is Cc1cc(OCCN2CCCCC2)c2cccc(C)c2n1. The molecule has 1 aliphatic heterocycles. The molecule has 0 N–H and O–H groups in total. The number of nitrogens with zero attached hydrogens (tertiary/aromatic N) is 2. The van der Waals surface area contributed by atoms with Gasteiger partial charge in [0.1, 0.15) is 12.4 Å². The normalized spacial score (nSPS) is 16.3. The molecule has 0 bridgehead atoms. The number of aryl methyl sites for hydroxylation is 2. The molecule has 21 heavy (non-hydrogen) atoms. The fourth-order valence-electron chi connectivity index (χ4n) is 3.07. The lowest BCUT2D eigenvalue weighted by atomic mass is 10.1. The monoisotopic (exact) mass is 284 g/mol. The predicted molar refractivity (Wildman–Crippen MR) is 87.0 cm³/mol. The van der Waals surface area contributed by atoms with Gasteiger partial charge < -0.3 is 4.74 Å². The number of likely N-dealkylation sites (tertiary alicyclic amines) is 1. The van der Waals surface area contributed by atoms with Crippen LogP contribution in [0.15, 0.2) is 24.3 Å². The van der Waals surface area contributed by atoms with Gasteiger partial charge in [0.05, 0.1) is 5.52 Å². The van der Waals surface area contributed by atoms with Crippen molar-refractivity contribution in [3.8, 4) is 5.75 Å². The molecule has 2 heterocycles. The first-order chi connectivity index (χ1) is 10.2. The van der Waals surface area contributed by atoms with Crippen LogP contribution in [0.25, 0.3) is 10.9 Å². The average molecular weight is 284 g/mol. The Morgan fingerprint density at radius 1 is 1.14 bits per heavy atom. The number of ether oxygens (including phenoxy) is 1. The van der Waals surface area contributed by atoms with Crippen molar-refractivity contribution in [1.82, 2.24) is 9.88 Å². The lowest BCUT2D eigenvalue weighted by Crippen LogP contribution is -2.33. The Kier molecular flexibility index (Phi) is 4.39. The van der Waals surface area contributed by atoms with Crippen molar-refractivity contribution in [1.29, 1.82) is 0 Å². The highest BCUT2D eigenvalue weighted by atomic mass is 16.5. The van der Waals surface area contributed by atoms with Gasteiger partial charge in [-0.15, -0.1) is 0 Å². The summed E-state index contributed by atoms with van der Waals surface area (Å²) in [6, 6.07) is 8.33. The van der Waals surface area contributed by atoms with Crippen molar-refractivity contribution >= 4 is 10.9 Å². The molecule has 2 aromatic rings. The zero-order valence-corrected chi connectivity index (χ0v) is 13.1. The Hall–Kier alpha value is -1.61. The summed E-state index contributed by atoms with van der Waals surface area (Å²) in [5.41, 5.74) is 3.28. The topological polar surface area (TPSA) is 25.4 Å². The third kappa shape index (κ3) is 3.35. The summed E-state index contributed by atoms with van der Waals surface area (Å²) >= 11 is 0. The van der Waals surface area contributed by atoms with Crippen molar-refractivity contribution in [2.75, 3.05) is 26.2 Å². The van der Waals surface area contributed by atoms with E-state index in [4.69, 9.17) is 4.74 Å². The first-order valence-electron chi connectivity index (χ1n) is 7.96. The molecule has 0 saturated carbocycles. The van der Waals surface area contributed by atoms with Crippen LogP contribution in [0, 0.1) is 13.8 Å². The Morgan fingerprint density at radius 3 is 2.76 bits per heavy atom. The van der Waals surface area contributed by atoms with Crippen LogP contribution in [-0.2, 0) is 0 Å². The van der Waals surface area contributed by atoms with Crippen LogP contribution in [-0.4, -0.2) is 36.1 Å². The number of benzene rings is 1. The van der Waals surface area contributed by atoms with E-state index in [1.165, 1.54) is 37.9 Å². The van der Waals surface area contributed by atoms with Gasteiger partial charge in [0.2, 0.25) is 0 Å². The lowest BCUT2D eigenvalue weighted by Gasteiger charge is -2.26. The van der Waals surface area contributed by atoms with E-state index < -0.39 is 0 Å². The van der Waals surface area contributed by atoms with Gasteiger partial charge in [-0.2, -0.15) is 0 Å². The summed E-state index contributed by atoms with van der Waals surface area (Å²) in [4.78, 5) is 7.15. The molecule has 0 spiro atoms. The van der Waals surface area contributed by atoms with Gasteiger partial charge in [0.15, 0.2) is 0 Å². The van der Waals surface area contributed by atoms with Crippen molar-refractivity contribution in [3.05, 3.63) is 35.5 Å². The molecule has 0 amide bonds. The molecule has 0 unspecified atom stereocenters. The van der Waals surface area contributed by atoms with E-state index in [1.807, 2.05) is 6.92 Å². The van der Waals surface area contributed by atoms with Gasteiger partial charge in [-0.1, -0.05) is 18.6 Å². The summed E-state index contributed by atoms with van der Waals surface area (Å²) in [7, 11) is 0. The maximum absolute atomic E-state index is 6.08. The molecular weight excluding hydrogens is 260 g/mol. The summed E-state index contributed by atoms with van der Waals surface area (Å²) in [5, 5.41) is 1.12. The third-order valence-electron chi connectivity index (χ3n) is 4.25. The molecule has 1 aromatic heterocycles. The molecule has 1 saturated heterocycles. The van der Waals surface area contributed by atoms with Gasteiger partial charge in [0, 0.05) is 23.7 Å². The minimum Gasteiger partial charge on any atom is -0.491 e. The molecular formula is C18H24N2O. The highest BCUT2D eigenvalue weighted by Gasteiger charge is 2.11. The molecule has 3 rings (SSSR count). The van der Waals surface area contributed by atoms with Gasteiger partial charge in [-0.3, -0.25) is 9.88 Å². The van der Waals surface area contributed by atoms with E-state index in [-0.39, 0.29) is 0 Å². The summed E-state index contributed by atoms with van der Waals surface area (Å²) in [6.07, 6.45) is 4.04. The van der Waals surface area contributed by atoms with Crippen LogP contribution in [0.5, 0.6) is 5.75 Å². The number of pyridine rings is 1. The Bertz CT molecular complexity index is 618. The first kappa shape index (κ1) is 14.3. The number of hydrogen-bond donors (Lipinski definition) is 0. The molecule has 3 nitrogen and oxygen atoms in total. The Morgan fingerprint density at radius 2 is 1.95 bits per heavy atom. The fraction of sp³-hybridized carbons (Fsp3) is 0.500. The van der Waals surface area contributed by atoms with Crippen LogP contribution in [0.3, 0.4) is 0 Å². The number of hydrogen-bond acceptors (Lipinski definition) is 3. The maximum Gasteiger partial charge on any atom is 0.130 e. The van der Waals surface area contributed by atoms with Crippen molar-refractivity contribution in [3.63, 3.8) is 0 Å². The molecule has 1 fully saturated rings. The van der Waals surface area contributed by atoms with Gasteiger partial charge >= 0.3 is 0 Å². The quantitative estimate of drug-likeness (QED) is 0.855. The minimum atomic E-state index is 0.756. The molecule has 0 radical (unpaired) electrons. The van der Waals surface area contributed by atoms with E-state index >= 15 is 0 Å². The Balaban J connectivity index is 1.72. The standard InChI is InChI=1S/C18H24N2O/c1-14-7-6-8-16-17(13-15(2)19-18(14)16)21-12-11-20-9-4-3-5-10-20/h6-8,13H,3-5,9-12H2,1-2H3. The summed E-state index contributed by atoms with van der Waals surface area (Å²) in [6.45, 7) is 8.36. The fourth-order valence-corrected chi connectivity index (χ4v) is 3.07. The van der Waals surface area contributed by atoms with Gasteiger partial charge in [-0.05, 0) is 51.4 Å². The van der Waals surface area contributed by atoms with Gasteiger partial charge in [-0.25, -0.2) is 0 Å². The largest absolute Gasteiger partial charge is 0.491 e. The van der Waals surface area contributed by atoms with Crippen molar-refractivity contribution < 1.29 is 4.74 Å². The second-order valence-corrected chi connectivity index (χ2v) is 5.98. The summed E-state index contributed by atoms with van der Waals surface area (Å²) in [5.74, 6) is 0.971.